The predicted octanol–water partition coefficient (Wildman–Crippen LogP) is 6.08. The molecule has 3 aromatic rings. The Hall–Kier alpha value is -2.33. The fourth-order valence-corrected chi connectivity index (χ4v) is 3.20. The standard InChI is InChI=1S/C22H21F2NS/c1-15-10-17(6-8-21(15)23)13-25(19-4-3-5-20(26)12-19)14-18-7-9-22(24)16(2)11-18/h3-12,26H,13-14H2,1-2H3. The molecule has 0 radical (unpaired) electrons. The Kier molecular flexibility index (Phi) is 5.62. The van der Waals surface area contributed by atoms with E-state index < -0.39 is 0 Å². The molecule has 0 unspecified atom stereocenters. The van der Waals surface area contributed by atoms with Crippen molar-refractivity contribution in [3.8, 4) is 0 Å². The molecule has 3 rings (SSSR count). The van der Waals surface area contributed by atoms with E-state index in [9.17, 15) is 8.78 Å². The van der Waals surface area contributed by atoms with Crippen molar-refractivity contribution in [1.82, 2.24) is 0 Å². The predicted molar refractivity (Wildman–Crippen MR) is 106 cm³/mol. The van der Waals surface area contributed by atoms with Crippen LogP contribution in [0.25, 0.3) is 0 Å². The molecule has 0 amide bonds. The van der Waals surface area contributed by atoms with Crippen LogP contribution in [0, 0.1) is 25.5 Å². The van der Waals surface area contributed by atoms with Crippen LogP contribution in [-0.2, 0) is 13.1 Å². The van der Waals surface area contributed by atoms with Crippen LogP contribution in [0.2, 0.25) is 0 Å². The van der Waals surface area contributed by atoms with E-state index in [2.05, 4.69) is 17.5 Å². The average molecular weight is 369 g/mol. The Labute approximate surface area is 158 Å². The van der Waals surface area contributed by atoms with Crippen LogP contribution in [0.1, 0.15) is 22.3 Å². The van der Waals surface area contributed by atoms with Gasteiger partial charge in [-0.15, -0.1) is 12.6 Å². The van der Waals surface area contributed by atoms with Crippen molar-refractivity contribution in [1.29, 1.82) is 0 Å². The molecule has 0 atom stereocenters. The lowest BCUT2D eigenvalue weighted by Gasteiger charge is -2.26. The van der Waals surface area contributed by atoms with Gasteiger partial charge in [-0.2, -0.15) is 0 Å². The maximum Gasteiger partial charge on any atom is 0.126 e. The molecule has 0 aliphatic rings. The third-order valence-corrected chi connectivity index (χ3v) is 4.66. The molecule has 0 fully saturated rings. The Balaban J connectivity index is 1.92. The minimum atomic E-state index is -0.202. The number of hydrogen-bond acceptors (Lipinski definition) is 2. The van der Waals surface area contributed by atoms with Crippen LogP contribution < -0.4 is 4.90 Å². The first-order valence-electron chi connectivity index (χ1n) is 8.46. The molecule has 0 spiro atoms. The monoisotopic (exact) mass is 369 g/mol. The van der Waals surface area contributed by atoms with Gasteiger partial charge >= 0.3 is 0 Å². The van der Waals surface area contributed by atoms with Crippen LogP contribution in [-0.4, -0.2) is 0 Å². The maximum absolute atomic E-state index is 13.6. The van der Waals surface area contributed by atoms with Crippen molar-refractivity contribution in [3.05, 3.63) is 94.6 Å². The lowest BCUT2D eigenvalue weighted by Crippen LogP contribution is -2.22. The van der Waals surface area contributed by atoms with E-state index >= 15 is 0 Å². The fourth-order valence-electron chi connectivity index (χ4n) is 2.98. The van der Waals surface area contributed by atoms with E-state index in [4.69, 9.17) is 0 Å². The first kappa shape index (κ1) is 18.5. The first-order valence-corrected chi connectivity index (χ1v) is 8.91. The zero-order valence-electron chi connectivity index (χ0n) is 14.8. The van der Waals surface area contributed by atoms with Gasteiger partial charge < -0.3 is 4.90 Å². The summed E-state index contributed by atoms with van der Waals surface area (Å²) in [5.74, 6) is -0.404. The van der Waals surface area contributed by atoms with Gasteiger partial charge in [0.25, 0.3) is 0 Å². The largest absolute Gasteiger partial charge is 0.363 e. The molecule has 0 aliphatic carbocycles. The van der Waals surface area contributed by atoms with Gasteiger partial charge in [0, 0.05) is 23.7 Å². The van der Waals surface area contributed by atoms with Gasteiger partial charge in [0.2, 0.25) is 0 Å². The van der Waals surface area contributed by atoms with Crippen LogP contribution >= 0.6 is 12.6 Å². The minimum Gasteiger partial charge on any atom is -0.363 e. The Bertz CT molecular complexity index is 870. The second-order valence-electron chi connectivity index (χ2n) is 6.54. The fraction of sp³-hybridized carbons (Fsp3) is 0.182. The zero-order valence-corrected chi connectivity index (χ0v) is 15.7. The van der Waals surface area contributed by atoms with Crippen molar-refractivity contribution in [2.45, 2.75) is 31.8 Å². The SMILES string of the molecule is Cc1cc(CN(Cc2ccc(F)c(C)c2)c2cccc(S)c2)ccc1F. The third kappa shape index (κ3) is 4.44. The van der Waals surface area contributed by atoms with Crippen molar-refractivity contribution in [3.63, 3.8) is 0 Å². The molecule has 4 heteroatoms. The van der Waals surface area contributed by atoms with Gasteiger partial charge in [0.15, 0.2) is 0 Å². The summed E-state index contributed by atoms with van der Waals surface area (Å²) in [5, 5.41) is 0. The molecule has 3 aromatic carbocycles. The van der Waals surface area contributed by atoms with Gasteiger partial charge in [0.05, 0.1) is 0 Å². The zero-order chi connectivity index (χ0) is 18.7. The van der Waals surface area contributed by atoms with Crippen LogP contribution in [0.3, 0.4) is 0 Å². The van der Waals surface area contributed by atoms with E-state index in [0.29, 0.717) is 24.2 Å². The Morgan fingerprint density at radius 1 is 0.769 bits per heavy atom. The lowest BCUT2D eigenvalue weighted by atomic mass is 10.1. The molecule has 0 aromatic heterocycles. The summed E-state index contributed by atoms with van der Waals surface area (Å²) >= 11 is 4.43. The highest BCUT2D eigenvalue weighted by Crippen LogP contribution is 2.24. The van der Waals surface area contributed by atoms with Crippen molar-refractivity contribution < 1.29 is 8.78 Å². The number of anilines is 1. The quantitative estimate of drug-likeness (QED) is 0.534. The summed E-state index contributed by atoms with van der Waals surface area (Å²) in [6.07, 6.45) is 0. The number of thiol groups is 1. The van der Waals surface area contributed by atoms with Gasteiger partial charge in [0.1, 0.15) is 11.6 Å². The van der Waals surface area contributed by atoms with E-state index in [1.807, 2.05) is 36.4 Å². The number of rotatable bonds is 5. The molecule has 1 nitrogen and oxygen atoms in total. The van der Waals surface area contributed by atoms with Crippen molar-refractivity contribution in [2.75, 3.05) is 4.90 Å². The van der Waals surface area contributed by atoms with Crippen molar-refractivity contribution in [2.24, 2.45) is 0 Å². The summed E-state index contributed by atoms with van der Waals surface area (Å²) in [6.45, 7) is 4.77. The number of nitrogens with zero attached hydrogens (tertiary/aromatic N) is 1. The maximum atomic E-state index is 13.6. The van der Waals surface area contributed by atoms with Gasteiger partial charge in [-0.25, -0.2) is 8.78 Å². The highest BCUT2D eigenvalue weighted by Gasteiger charge is 2.11. The summed E-state index contributed by atoms with van der Waals surface area (Å²) in [6, 6.07) is 18.2. The second-order valence-corrected chi connectivity index (χ2v) is 7.06. The van der Waals surface area contributed by atoms with E-state index in [-0.39, 0.29) is 11.6 Å². The summed E-state index contributed by atoms with van der Waals surface area (Å²) in [4.78, 5) is 3.05. The van der Waals surface area contributed by atoms with E-state index in [1.54, 1.807) is 26.0 Å². The number of aryl methyl sites for hydroxylation is 2. The number of halogens is 2. The average Bonchev–Trinajstić information content (AvgIpc) is 2.61. The Morgan fingerprint density at radius 2 is 1.31 bits per heavy atom. The summed E-state index contributed by atoms with van der Waals surface area (Å²) in [7, 11) is 0. The number of hydrogen-bond donors (Lipinski definition) is 1. The molecule has 0 N–H and O–H groups in total. The van der Waals surface area contributed by atoms with Crippen LogP contribution in [0.15, 0.2) is 65.6 Å². The summed E-state index contributed by atoms with van der Waals surface area (Å²) < 4.78 is 27.2. The van der Waals surface area contributed by atoms with Crippen molar-refractivity contribution >= 4 is 18.3 Å². The third-order valence-electron chi connectivity index (χ3n) is 4.39. The van der Waals surface area contributed by atoms with Crippen LogP contribution in [0.5, 0.6) is 0 Å². The smallest absolute Gasteiger partial charge is 0.126 e. The number of benzene rings is 3. The van der Waals surface area contributed by atoms with E-state index in [0.717, 1.165) is 21.7 Å². The Morgan fingerprint density at radius 3 is 1.77 bits per heavy atom. The normalized spacial score (nSPS) is 10.8. The molecule has 26 heavy (non-hydrogen) atoms. The molecule has 0 heterocycles. The van der Waals surface area contributed by atoms with Gasteiger partial charge in [-0.05, 0) is 66.4 Å². The molecule has 0 saturated heterocycles. The highest BCUT2D eigenvalue weighted by molar-refractivity contribution is 7.80. The lowest BCUT2D eigenvalue weighted by molar-refractivity contribution is 0.616. The molecule has 0 aliphatic heterocycles. The second kappa shape index (κ2) is 7.92. The van der Waals surface area contributed by atoms with E-state index in [1.165, 1.54) is 12.1 Å². The minimum absolute atomic E-state index is 0.202. The molecule has 0 saturated carbocycles. The molecular formula is C22H21F2NS. The highest BCUT2D eigenvalue weighted by atomic mass is 32.1. The van der Waals surface area contributed by atoms with Crippen LogP contribution in [0.4, 0.5) is 14.5 Å². The molecule has 0 bridgehead atoms. The van der Waals surface area contributed by atoms with Gasteiger partial charge in [-0.3, -0.25) is 0 Å². The molecule has 134 valence electrons. The summed E-state index contributed by atoms with van der Waals surface area (Å²) in [5.41, 5.74) is 4.31. The molecular weight excluding hydrogens is 348 g/mol. The topological polar surface area (TPSA) is 3.24 Å². The van der Waals surface area contributed by atoms with Gasteiger partial charge in [-0.1, -0.05) is 30.3 Å². The first-order chi connectivity index (χ1) is 12.4.